The molecule has 0 aliphatic heterocycles. The van der Waals surface area contributed by atoms with E-state index >= 15 is 0 Å². The highest BCUT2D eigenvalue weighted by Gasteiger charge is 2.29. The molecule has 0 aromatic carbocycles. The summed E-state index contributed by atoms with van der Waals surface area (Å²) in [6, 6.07) is 0. The molecule has 5 atom stereocenters. The van der Waals surface area contributed by atoms with E-state index in [9.17, 15) is 43.5 Å². The topological polar surface area (TPSA) is 231 Å². The van der Waals surface area contributed by atoms with Gasteiger partial charge < -0.3 is 34.2 Å². The summed E-state index contributed by atoms with van der Waals surface area (Å²) in [4.78, 5) is 59.0. The van der Waals surface area contributed by atoms with Crippen LogP contribution in [0.3, 0.4) is 0 Å². The zero-order valence-corrected chi connectivity index (χ0v) is 74.5. The van der Waals surface area contributed by atoms with Crippen LogP contribution in [0.4, 0.5) is 0 Å². The Labute approximate surface area is 701 Å². The monoisotopic (exact) mass is 1650 g/mol. The maximum Gasteiger partial charge on any atom is 0.472 e. The molecular weight excluding hydrogens is 1480 g/mol. The highest BCUT2D eigenvalue weighted by Crippen LogP contribution is 2.45. The molecule has 0 aliphatic carbocycles. The summed E-state index contributed by atoms with van der Waals surface area (Å²) in [5.74, 6) is -1.58. The van der Waals surface area contributed by atoms with Crippen molar-refractivity contribution >= 4 is 33.6 Å². The number of hydrogen-bond acceptors (Lipinski definition) is 14. The minimum atomic E-state index is -4.95. The molecule has 0 heterocycles. The lowest BCUT2D eigenvalue weighted by molar-refractivity contribution is -0.161. The van der Waals surface area contributed by atoms with E-state index in [0.717, 1.165) is 173 Å². The summed E-state index contributed by atoms with van der Waals surface area (Å²) < 4.78 is 61.5. The van der Waals surface area contributed by atoms with E-state index in [1.165, 1.54) is 148 Å². The van der Waals surface area contributed by atoms with Gasteiger partial charge in [-0.25, -0.2) is 9.13 Å². The van der Waals surface area contributed by atoms with E-state index in [-0.39, 0.29) is 19.3 Å². The lowest BCUT2D eigenvalue weighted by atomic mass is 10.0. The molecule has 0 amide bonds. The average Bonchev–Trinajstić information content (AvgIpc) is 0.896. The fourth-order valence-electron chi connectivity index (χ4n) is 12.3. The van der Waals surface area contributed by atoms with Crippen molar-refractivity contribution in [1.82, 2.24) is 0 Å². The molecule has 4 N–H and O–H groups in total. The molecular formula is C97H166O16P2. The number of aliphatic hydroxyl groups is 2. The number of carbonyl (C=O) groups is 3. The number of allylic oxidation sites excluding steroid dienone is 26. The van der Waals surface area contributed by atoms with Crippen LogP contribution in [0, 0.1) is 0 Å². The Hall–Kier alpha value is -4.83. The second-order valence-electron chi connectivity index (χ2n) is 30.3. The number of esters is 3. The van der Waals surface area contributed by atoms with Gasteiger partial charge in [-0.3, -0.25) is 32.5 Å². The van der Waals surface area contributed by atoms with Gasteiger partial charge in [0.1, 0.15) is 25.4 Å². The third kappa shape index (κ3) is 89.8. The Kier molecular flexibility index (Phi) is 84.7. The fraction of sp³-hybridized carbons (Fsp3) is 0.701. The summed E-state index contributed by atoms with van der Waals surface area (Å²) in [6.07, 6.45) is 113. The molecule has 0 saturated heterocycles. The van der Waals surface area contributed by atoms with Gasteiger partial charge in [-0.15, -0.1) is 0 Å². The molecule has 0 rings (SSSR count). The average molecular weight is 1650 g/mol. The molecule has 0 aliphatic rings. The van der Waals surface area contributed by atoms with E-state index in [4.69, 9.17) is 32.3 Å². The van der Waals surface area contributed by atoms with Crippen molar-refractivity contribution in [2.24, 2.45) is 0 Å². The summed E-state index contributed by atoms with van der Waals surface area (Å²) >= 11 is 0. The van der Waals surface area contributed by atoms with Crippen LogP contribution in [-0.2, 0) is 55.8 Å². The number of unbranched alkanes of at least 4 members (excludes halogenated alkanes) is 37. The Bertz CT molecular complexity index is 2720. The van der Waals surface area contributed by atoms with Crippen LogP contribution < -0.4 is 0 Å². The molecule has 0 aromatic rings. The van der Waals surface area contributed by atoms with E-state index in [1.54, 1.807) is 0 Å². The highest BCUT2D eigenvalue weighted by atomic mass is 31.2. The molecule has 0 spiro atoms. The molecule has 5 unspecified atom stereocenters. The molecule has 115 heavy (non-hydrogen) atoms. The van der Waals surface area contributed by atoms with Gasteiger partial charge in [0.25, 0.3) is 0 Å². The lowest BCUT2D eigenvalue weighted by Gasteiger charge is -2.21. The maximum absolute atomic E-state index is 13.1. The first-order valence-electron chi connectivity index (χ1n) is 45.8. The van der Waals surface area contributed by atoms with Crippen LogP contribution in [-0.4, -0.2) is 95.9 Å². The lowest BCUT2D eigenvalue weighted by Crippen LogP contribution is -2.30. The molecule has 0 aromatic heterocycles. The SMILES string of the molecule is CC/C=C\C/C=C\C/C=C\C/C=C\C/C=C\CCCCCCCCCCCCCCCCCC(=O)OCC(O)COP(=O)(O)OCC(O)COP(=O)(O)OCC(COC(=O)CCCCCCCCCCCCCCC/C=C\C/C=C\C/C=C\C/C=C\C/C=C\CC)OC(=O)CCCCCCCC/C=C\C/C=C\C/C=C\CCCCC. The molecule has 660 valence electrons. The van der Waals surface area contributed by atoms with Crippen LogP contribution in [0.5, 0.6) is 0 Å². The first kappa shape index (κ1) is 110. The van der Waals surface area contributed by atoms with Crippen LogP contribution in [0.25, 0.3) is 0 Å². The van der Waals surface area contributed by atoms with Crippen molar-refractivity contribution in [1.29, 1.82) is 0 Å². The van der Waals surface area contributed by atoms with Gasteiger partial charge in [0.05, 0.1) is 26.4 Å². The van der Waals surface area contributed by atoms with E-state index < -0.39 is 91.5 Å². The predicted molar refractivity (Wildman–Crippen MR) is 482 cm³/mol. The summed E-state index contributed by atoms with van der Waals surface area (Å²) in [7, 11) is -9.81. The largest absolute Gasteiger partial charge is 0.472 e. The van der Waals surface area contributed by atoms with Gasteiger partial charge in [0, 0.05) is 19.3 Å². The van der Waals surface area contributed by atoms with Crippen molar-refractivity contribution in [3.05, 3.63) is 158 Å². The minimum Gasteiger partial charge on any atom is -0.463 e. The van der Waals surface area contributed by atoms with E-state index in [0.29, 0.717) is 19.3 Å². The smallest absolute Gasteiger partial charge is 0.463 e. The number of phosphoric acid groups is 2. The predicted octanol–water partition coefficient (Wildman–Crippen LogP) is 28.1. The molecule has 0 saturated carbocycles. The van der Waals surface area contributed by atoms with Crippen molar-refractivity contribution in [3.8, 4) is 0 Å². The van der Waals surface area contributed by atoms with Gasteiger partial charge in [-0.2, -0.15) is 0 Å². The molecule has 0 fully saturated rings. The van der Waals surface area contributed by atoms with Gasteiger partial charge in [-0.05, 0) is 148 Å². The Morgan fingerprint density at radius 3 is 0.730 bits per heavy atom. The van der Waals surface area contributed by atoms with Crippen molar-refractivity contribution in [2.45, 2.75) is 399 Å². The van der Waals surface area contributed by atoms with Gasteiger partial charge >= 0.3 is 33.6 Å². The molecule has 0 bridgehead atoms. The maximum atomic E-state index is 13.1. The Balaban J connectivity index is 4.56. The van der Waals surface area contributed by atoms with Crippen molar-refractivity contribution in [3.63, 3.8) is 0 Å². The fourth-order valence-corrected chi connectivity index (χ4v) is 13.9. The number of hydrogen-bond donors (Lipinski definition) is 4. The first-order valence-corrected chi connectivity index (χ1v) is 48.8. The third-order valence-corrected chi connectivity index (χ3v) is 21.1. The normalized spacial score (nSPS) is 14.5. The Morgan fingerprint density at radius 1 is 0.252 bits per heavy atom. The molecule has 18 heteroatoms. The molecule has 0 radical (unpaired) electrons. The summed E-state index contributed by atoms with van der Waals surface area (Å²) in [5.41, 5.74) is 0. The molecule has 16 nitrogen and oxygen atoms in total. The number of carbonyl (C=O) groups excluding carboxylic acids is 3. The van der Waals surface area contributed by atoms with Gasteiger partial charge in [0.2, 0.25) is 0 Å². The third-order valence-electron chi connectivity index (χ3n) is 19.2. The van der Waals surface area contributed by atoms with Crippen LogP contribution in [0.1, 0.15) is 380 Å². The quantitative estimate of drug-likeness (QED) is 0.0146. The number of phosphoric ester groups is 2. The number of rotatable bonds is 86. The summed E-state index contributed by atoms with van der Waals surface area (Å²) in [6.45, 7) is 2.46. The van der Waals surface area contributed by atoms with Gasteiger partial charge in [0.15, 0.2) is 6.10 Å². The Morgan fingerprint density at radius 2 is 0.461 bits per heavy atom. The van der Waals surface area contributed by atoms with Crippen LogP contribution in [0.2, 0.25) is 0 Å². The zero-order chi connectivity index (χ0) is 83.6. The second-order valence-corrected chi connectivity index (χ2v) is 33.2. The van der Waals surface area contributed by atoms with Gasteiger partial charge in [-0.1, -0.05) is 371 Å². The van der Waals surface area contributed by atoms with Crippen molar-refractivity contribution in [2.75, 3.05) is 39.6 Å². The first-order chi connectivity index (χ1) is 56.2. The number of ether oxygens (including phenoxy) is 3. The van der Waals surface area contributed by atoms with E-state index in [1.807, 2.05) is 0 Å². The van der Waals surface area contributed by atoms with Crippen LogP contribution in [0.15, 0.2) is 158 Å². The second kappa shape index (κ2) is 88.5. The zero-order valence-electron chi connectivity index (χ0n) is 72.7. The minimum absolute atomic E-state index is 0.0875. The summed E-state index contributed by atoms with van der Waals surface area (Å²) in [5, 5.41) is 20.7. The standard InChI is InChI=1S/C97H166O16P2/c1-4-7-10-13-16-19-22-25-28-31-34-36-38-40-42-44-45-47-49-50-52-54-57-59-62-65-68-71-74-77-80-83-95(100)107-86-92(98)87-109-114(103,104)110-88-93(99)89-111-115(105,106)112-91-94(113-97(102)85-82-79-76-73-70-67-64-61-56-33-30-27-24-21-18-15-12-9-6-3)90-108-96(101)84-81-78-75-72-69-66-63-60-58-55-53-51-48-46-43-41-39-37-35-32-29-26-23-20-17-14-11-8-5-2/h7-8,10-11,16-21,25-30,34-37,40-43,56,61,92-94,98-99H,4-6,9,12-15,22-24,31-33,38-39,44-55,57-60,62-91H2,1-3H3,(H,103,104)(H,105,106)/b10-7-,11-8-,19-16-,20-17-,21-18-,28-25-,29-26-,30-27-,36-34-,37-35-,42-40-,43-41-,61-56-. The van der Waals surface area contributed by atoms with Crippen molar-refractivity contribution < 1.29 is 75.8 Å². The van der Waals surface area contributed by atoms with Crippen LogP contribution >= 0.6 is 15.6 Å². The number of aliphatic hydroxyl groups excluding tert-OH is 2. The van der Waals surface area contributed by atoms with E-state index in [2.05, 4.69) is 179 Å². The highest BCUT2D eigenvalue weighted by molar-refractivity contribution is 7.47.